The molecule has 0 amide bonds. The Morgan fingerprint density at radius 3 is 2.58 bits per heavy atom. The number of hydrogen-bond donors (Lipinski definition) is 0. The molecular formula is C22H23I2-. The summed E-state index contributed by atoms with van der Waals surface area (Å²) < 4.78 is 1.72. The molecule has 0 N–H and O–H groups in total. The second-order valence-corrected chi connectivity index (χ2v) is 12.4. The number of halogens is 2. The van der Waals surface area contributed by atoms with Crippen LogP contribution in [0.3, 0.4) is 0 Å². The van der Waals surface area contributed by atoms with Crippen LogP contribution < -0.4 is 17.2 Å². The van der Waals surface area contributed by atoms with E-state index in [1.54, 1.807) is 25.8 Å². The van der Waals surface area contributed by atoms with Crippen LogP contribution in [0.25, 0.3) is 18.2 Å². The van der Waals surface area contributed by atoms with Gasteiger partial charge in [0.05, 0.1) is 0 Å². The summed E-state index contributed by atoms with van der Waals surface area (Å²) in [6.45, 7) is 7.00. The Bertz CT molecular complexity index is 832. The molecule has 0 nitrogen and oxygen atoms in total. The van der Waals surface area contributed by atoms with Crippen LogP contribution in [0.4, 0.5) is 0 Å². The van der Waals surface area contributed by atoms with E-state index in [-0.39, 0.29) is 22.6 Å². The second kappa shape index (κ2) is 6.42. The molecule has 0 radical (unpaired) electrons. The Morgan fingerprint density at radius 1 is 1.00 bits per heavy atom. The van der Waals surface area contributed by atoms with Crippen molar-refractivity contribution in [2.45, 2.75) is 46.5 Å². The molecule has 3 aliphatic rings. The van der Waals surface area contributed by atoms with Gasteiger partial charge in [0.15, 0.2) is 0 Å². The van der Waals surface area contributed by atoms with E-state index in [2.05, 4.69) is 75.8 Å². The van der Waals surface area contributed by atoms with Crippen molar-refractivity contribution in [1.29, 1.82) is 0 Å². The molecule has 4 rings (SSSR count). The van der Waals surface area contributed by atoms with Gasteiger partial charge >= 0.3 is 167 Å². The van der Waals surface area contributed by atoms with Crippen LogP contribution in [-0.2, 0) is 19.3 Å². The Kier molecular flexibility index (Phi) is 4.57. The molecule has 0 heterocycles. The molecule has 1 aromatic rings. The number of allylic oxidation sites excluding steroid dienone is 5. The molecule has 2 heteroatoms. The average molecular weight is 541 g/mol. The van der Waals surface area contributed by atoms with Crippen molar-refractivity contribution in [1.82, 2.24) is 0 Å². The summed E-state index contributed by atoms with van der Waals surface area (Å²) in [5, 5.41) is 0. The van der Waals surface area contributed by atoms with E-state index in [1.807, 2.05) is 0 Å². The Balaban J connectivity index is 2.03. The first-order chi connectivity index (χ1) is 11.5. The fraction of sp³-hybridized carbons (Fsp3) is 0.364. The third-order valence-electron chi connectivity index (χ3n) is 5.39. The first-order valence-corrected chi connectivity index (χ1v) is 16.0. The van der Waals surface area contributed by atoms with E-state index in [4.69, 9.17) is 0 Å². The van der Waals surface area contributed by atoms with Crippen LogP contribution in [0.1, 0.15) is 60.6 Å². The molecule has 3 aliphatic carbocycles. The molecular weight excluding hydrogens is 518 g/mol. The summed E-state index contributed by atoms with van der Waals surface area (Å²) in [6.07, 6.45) is 19.1. The fourth-order valence-corrected chi connectivity index (χ4v) is 7.27. The van der Waals surface area contributed by atoms with Crippen molar-refractivity contribution < 1.29 is 17.2 Å². The Morgan fingerprint density at radius 2 is 1.79 bits per heavy atom. The minimum absolute atomic E-state index is 0.183. The topological polar surface area (TPSA) is 0 Å². The fourth-order valence-electron chi connectivity index (χ4n) is 4.21. The van der Waals surface area contributed by atoms with Crippen LogP contribution in [0, 0.1) is 5.41 Å². The van der Waals surface area contributed by atoms with Crippen LogP contribution in [0.2, 0.25) is 0 Å². The van der Waals surface area contributed by atoms with Crippen LogP contribution in [0.15, 0.2) is 27.4 Å². The second-order valence-electron chi connectivity index (χ2n) is 7.89. The van der Waals surface area contributed by atoms with Crippen molar-refractivity contribution >= 4 is 36.8 Å². The normalized spacial score (nSPS) is 20.7. The molecule has 0 spiro atoms. The zero-order valence-electron chi connectivity index (χ0n) is 14.5. The third-order valence-corrected chi connectivity index (χ3v) is 10.3. The molecule has 0 saturated heterocycles. The summed E-state index contributed by atoms with van der Waals surface area (Å²) in [4.78, 5) is 0. The molecule has 0 saturated carbocycles. The number of rotatable bonds is 1. The van der Waals surface area contributed by atoms with E-state index in [0.29, 0.717) is 0 Å². The van der Waals surface area contributed by atoms with Gasteiger partial charge in [-0.15, -0.1) is 0 Å². The summed E-state index contributed by atoms with van der Waals surface area (Å²) >= 11 is 2.81. The van der Waals surface area contributed by atoms with Gasteiger partial charge in [0.2, 0.25) is 0 Å². The number of hydrogen-bond acceptors (Lipinski definition) is 0. The standard InChI is InChI=1S/C22H23I2/c1-14-5-4-6-16-18-9-10-22(2,3)13-21(18)20-12-15(24-23)7-8-17(20)19(16)11-14/h4-6,9-10,12H,7-8,11,13H2,1-3H3/q-1. The van der Waals surface area contributed by atoms with Gasteiger partial charge in [-0.2, -0.15) is 0 Å². The third kappa shape index (κ3) is 2.98. The van der Waals surface area contributed by atoms with Gasteiger partial charge < -0.3 is 0 Å². The Hall–Kier alpha value is -0.360. The summed E-state index contributed by atoms with van der Waals surface area (Å²) in [5.74, 6) is 0. The molecule has 0 aromatic heterocycles. The van der Waals surface area contributed by atoms with E-state index < -0.39 is 0 Å². The Labute approximate surface area is 165 Å². The van der Waals surface area contributed by atoms with E-state index >= 15 is 0 Å². The molecule has 0 atom stereocenters. The van der Waals surface area contributed by atoms with Crippen molar-refractivity contribution in [3.8, 4) is 0 Å². The number of fused-ring (bicyclic) bond motifs is 6. The maximum atomic E-state index is 2.63. The molecule has 0 aliphatic heterocycles. The van der Waals surface area contributed by atoms with Gasteiger partial charge in [-0.05, 0) is 0 Å². The quantitative estimate of drug-likeness (QED) is 0.478. The van der Waals surface area contributed by atoms with Crippen LogP contribution in [0.5, 0.6) is 0 Å². The molecule has 1 aromatic carbocycles. The summed E-state index contributed by atoms with van der Waals surface area (Å²) in [5.41, 5.74) is 11.2. The van der Waals surface area contributed by atoms with Crippen molar-refractivity contribution in [2.24, 2.45) is 5.41 Å². The van der Waals surface area contributed by atoms with Gasteiger partial charge in [-0.25, -0.2) is 0 Å². The first-order valence-electron chi connectivity index (χ1n) is 8.69. The SMILES string of the molecule is CC1=CC=Cc2c3c(c4c(c2C1)CCC([I-]I)=C4)CC(C)(C)C=C3. The average Bonchev–Trinajstić information content (AvgIpc) is 2.75. The van der Waals surface area contributed by atoms with Crippen LogP contribution >= 0.6 is 18.6 Å². The summed E-state index contributed by atoms with van der Waals surface area (Å²) in [6, 6.07) is 0. The van der Waals surface area contributed by atoms with Crippen LogP contribution in [-0.4, -0.2) is 0 Å². The van der Waals surface area contributed by atoms with Gasteiger partial charge in [-0.3, -0.25) is 0 Å². The van der Waals surface area contributed by atoms with E-state index in [0.717, 1.165) is 12.8 Å². The van der Waals surface area contributed by atoms with Gasteiger partial charge in [0.1, 0.15) is 0 Å². The number of benzene rings is 1. The molecule has 0 bridgehead atoms. The van der Waals surface area contributed by atoms with E-state index in [9.17, 15) is 0 Å². The molecule has 0 unspecified atom stereocenters. The predicted molar refractivity (Wildman–Crippen MR) is 110 cm³/mol. The molecule has 126 valence electrons. The van der Waals surface area contributed by atoms with Gasteiger partial charge in [-0.1, -0.05) is 0 Å². The van der Waals surface area contributed by atoms with Crippen molar-refractivity contribution in [3.63, 3.8) is 0 Å². The maximum absolute atomic E-state index is 2.63. The first kappa shape index (κ1) is 17.1. The van der Waals surface area contributed by atoms with E-state index in [1.165, 1.54) is 29.5 Å². The molecule has 24 heavy (non-hydrogen) atoms. The monoisotopic (exact) mass is 541 g/mol. The van der Waals surface area contributed by atoms with Gasteiger partial charge in [0.25, 0.3) is 0 Å². The predicted octanol–water partition coefficient (Wildman–Crippen LogP) is 3.52. The van der Waals surface area contributed by atoms with Gasteiger partial charge in [0, 0.05) is 0 Å². The summed E-state index contributed by atoms with van der Waals surface area (Å²) in [7, 11) is 0. The zero-order valence-corrected chi connectivity index (χ0v) is 18.9. The minimum atomic E-state index is 0.183. The van der Waals surface area contributed by atoms with Crippen molar-refractivity contribution in [3.05, 3.63) is 60.8 Å². The van der Waals surface area contributed by atoms with Crippen molar-refractivity contribution in [2.75, 3.05) is 0 Å². The molecule has 0 fully saturated rings. The zero-order chi connectivity index (χ0) is 16.9.